The van der Waals surface area contributed by atoms with Gasteiger partial charge in [-0.2, -0.15) is 0 Å². The van der Waals surface area contributed by atoms with E-state index in [9.17, 15) is 4.79 Å². The Morgan fingerprint density at radius 1 is 1.71 bits per heavy atom. The number of nitrogens with one attached hydrogen (secondary N) is 1. The number of ether oxygens (including phenoxy) is 1. The molecule has 1 heterocycles. The Bertz CT molecular complexity index is 197. The fourth-order valence-electron chi connectivity index (χ4n) is 1.63. The third kappa shape index (κ3) is 3.27. The quantitative estimate of drug-likeness (QED) is 0.662. The van der Waals surface area contributed by atoms with E-state index in [0.717, 1.165) is 19.6 Å². The molecule has 1 aliphatic rings. The van der Waals surface area contributed by atoms with Gasteiger partial charge in [0.05, 0.1) is 6.10 Å². The van der Waals surface area contributed by atoms with Gasteiger partial charge in [-0.3, -0.25) is 4.79 Å². The highest BCUT2D eigenvalue weighted by atomic mass is 16.5. The molecule has 0 aromatic heterocycles. The minimum atomic E-state index is -0.242. The molecule has 1 fully saturated rings. The zero-order valence-electron chi connectivity index (χ0n) is 8.95. The summed E-state index contributed by atoms with van der Waals surface area (Å²) in [5, 5.41) is 3.26. The monoisotopic (exact) mass is 200 g/mol. The summed E-state index contributed by atoms with van der Waals surface area (Å²) in [5.74, 6) is 0.246. The molecule has 0 spiro atoms. The van der Waals surface area contributed by atoms with Crippen LogP contribution in [-0.2, 0) is 9.53 Å². The van der Waals surface area contributed by atoms with Gasteiger partial charge in [-0.05, 0) is 19.3 Å². The van der Waals surface area contributed by atoms with Crippen molar-refractivity contribution in [2.24, 2.45) is 17.6 Å². The molecule has 82 valence electrons. The van der Waals surface area contributed by atoms with E-state index in [1.165, 1.54) is 0 Å². The predicted molar refractivity (Wildman–Crippen MR) is 54.7 cm³/mol. The van der Waals surface area contributed by atoms with Gasteiger partial charge in [0.25, 0.3) is 0 Å². The lowest BCUT2D eigenvalue weighted by atomic mass is 10.0. The van der Waals surface area contributed by atoms with Crippen molar-refractivity contribution in [1.82, 2.24) is 5.32 Å². The van der Waals surface area contributed by atoms with Gasteiger partial charge in [-0.25, -0.2) is 0 Å². The Labute approximate surface area is 85.2 Å². The molecule has 3 atom stereocenters. The van der Waals surface area contributed by atoms with E-state index in [1.54, 1.807) is 0 Å². The van der Waals surface area contributed by atoms with Crippen LogP contribution in [0.25, 0.3) is 0 Å². The first kappa shape index (κ1) is 11.5. The van der Waals surface area contributed by atoms with Crippen LogP contribution in [0.4, 0.5) is 0 Å². The summed E-state index contributed by atoms with van der Waals surface area (Å²) in [6.07, 6.45) is 1.45. The van der Waals surface area contributed by atoms with Crippen LogP contribution >= 0.6 is 0 Å². The van der Waals surface area contributed by atoms with Crippen LogP contribution in [0.3, 0.4) is 0 Å². The Morgan fingerprint density at radius 3 is 2.93 bits per heavy atom. The minimum absolute atomic E-state index is 0.0902. The molecule has 0 bridgehead atoms. The van der Waals surface area contributed by atoms with Crippen LogP contribution in [0.1, 0.15) is 20.3 Å². The van der Waals surface area contributed by atoms with Crippen LogP contribution in [-0.4, -0.2) is 31.7 Å². The van der Waals surface area contributed by atoms with Gasteiger partial charge in [0, 0.05) is 25.6 Å². The highest BCUT2D eigenvalue weighted by Gasteiger charge is 2.23. The third-order valence-corrected chi connectivity index (χ3v) is 2.88. The number of carbonyl (C=O) groups excluding carboxylic acids is 1. The van der Waals surface area contributed by atoms with Crippen molar-refractivity contribution in [2.75, 3.05) is 19.7 Å². The molecule has 14 heavy (non-hydrogen) atoms. The molecule has 3 N–H and O–H groups in total. The van der Waals surface area contributed by atoms with E-state index >= 15 is 0 Å². The van der Waals surface area contributed by atoms with Crippen molar-refractivity contribution < 1.29 is 9.53 Å². The average Bonchev–Trinajstić information content (AvgIpc) is 2.51. The van der Waals surface area contributed by atoms with Crippen molar-refractivity contribution >= 4 is 5.91 Å². The number of hydrogen-bond acceptors (Lipinski definition) is 3. The highest BCUT2D eigenvalue weighted by Crippen LogP contribution is 2.19. The maximum absolute atomic E-state index is 10.7. The molecule has 0 aliphatic carbocycles. The Hall–Kier alpha value is -0.610. The van der Waals surface area contributed by atoms with Crippen molar-refractivity contribution in [1.29, 1.82) is 0 Å². The number of amides is 1. The van der Waals surface area contributed by atoms with Crippen molar-refractivity contribution in [3.63, 3.8) is 0 Å². The Balaban J connectivity index is 2.11. The molecule has 0 radical (unpaired) electrons. The fraction of sp³-hybridized carbons (Fsp3) is 0.900. The third-order valence-electron chi connectivity index (χ3n) is 2.88. The smallest absolute Gasteiger partial charge is 0.221 e. The zero-order chi connectivity index (χ0) is 10.6. The molecule has 0 aromatic rings. The Kier molecular flexibility index (Phi) is 4.35. The summed E-state index contributed by atoms with van der Waals surface area (Å²) in [7, 11) is 0. The summed E-state index contributed by atoms with van der Waals surface area (Å²) >= 11 is 0. The number of carbonyl (C=O) groups is 1. The van der Waals surface area contributed by atoms with Crippen LogP contribution < -0.4 is 11.1 Å². The Morgan fingerprint density at radius 2 is 2.43 bits per heavy atom. The normalized spacial score (nSPS) is 29.0. The second-order valence-corrected chi connectivity index (χ2v) is 4.09. The molecule has 1 aliphatic heterocycles. The summed E-state index contributed by atoms with van der Waals surface area (Å²) in [6.45, 7) is 6.37. The SMILES string of the molecule is CC(CNCC1CCOC1C)C(N)=O. The van der Waals surface area contributed by atoms with Crippen molar-refractivity contribution in [3.05, 3.63) is 0 Å². The average molecular weight is 200 g/mol. The second-order valence-electron chi connectivity index (χ2n) is 4.09. The zero-order valence-corrected chi connectivity index (χ0v) is 8.95. The first-order chi connectivity index (χ1) is 6.61. The summed E-state index contributed by atoms with van der Waals surface area (Å²) in [6, 6.07) is 0. The van der Waals surface area contributed by atoms with Crippen LogP contribution in [0.5, 0.6) is 0 Å². The first-order valence-electron chi connectivity index (χ1n) is 5.23. The van der Waals surface area contributed by atoms with Crippen LogP contribution in [0.15, 0.2) is 0 Å². The van der Waals surface area contributed by atoms with Crippen LogP contribution in [0.2, 0.25) is 0 Å². The lowest BCUT2D eigenvalue weighted by Crippen LogP contribution is -2.34. The van der Waals surface area contributed by atoms with Crippen molar-refractivity contribution in [2.45, 2.75) is 26.4 Å². The van der Waals surface area contributed by atoms with E-state index in [4.69, 9.17) is 10.5 Å². The molecule has 3 unspecified atom stereocenters. The fourth-order valence-corrected chi connectivity index (χ4v) is 1.63. The van der Waals surface area contributed by atoms with Gasteiger partial charge >= 0.3 is 0 Å². The minimum Gasteiger partial charge on any atom is -0.378 e. The molecular weight excluding hydrogens is 180 g/mol. The molecule has 1 rings (SSSR count). The van der Waals surface area contributed by atoms with E-state index < -0.39 is 0 Å². The number of primary amides is 1. The summed E-state index contributed by atoms with van der Waals surface area (Å²) in [4.78, 5) is 10.7. The predicted octanol–water partition coefficient (Wildman–Crippen LogP) is 0.122. The van der Waals surface area contributed by atoms with Gasteiger partial charge in [0.1, 0.15) is 0 Å². The largest absolute Gasteiger partial charge is 0.378 e. The van der Waals surface area contributed by atoms with E-state index in [1.807, 2.05) is 6.92 Å². The molecule has 4 nitrogen and oxygen atoms in total. The summed E-state index contributed by atoms with van der Waals surface area (Å²) in [5.41, 5.74) is 5.15. The topological polar surface area (TPSA) is 64.3 Å². The molecular formula is C10H20N2O2. The molecule has 4 heteroatoms. The second kappa shape index (κ2) is 5.32. The van der Waals surface area contributed by atoms with Gasteiger partial charge in [0.15, 0.2) is 0 Å². The first-order valence-corrected chi connectivity index (χ1v) is 5.23. The number of hydrogen-bond donors (Lipinski definition) is 2. The van der Waals surface area contributed by atoms with Crippen molar-refractivity contribution in [3.8, 4) is 0 Å². The lowest BCUT2D eigenvalue weighted by molar-refractivity contribution is -0.121. The lowest BCUT2D eigenvalue weighted by Gasteiger charge is -2.16. The number of rotatable bonds is 5. The highest BCUT2D eigenvalue weighted by molar-refractivity contribution is 5.76. The van der Waals surface area contributed by atoms with E-state index in [0.29, 0.717) is 18.6 Å². The summed E-state index contributed by atoms with van der Waals surface area (Å²) < 4.78 is 5.44. The van der Waals surface area contributed by atoms with Gasteiger partial charge in [-0.1, -0.05) is 6.92 Å². The van der Waals surface area contributed by atoms with Crippen LogP contribution in [0, 0.1) is 11.8 Å². The van der Waals surface area contributed by atoms with Gasteiger partial charge in [-0.15, -0.1) is 0 Å². The number of nitrogens with two attached hydrogens (primary N) is 1. The standard InChI is InChI=1S/C10H20N2O2/c1-7(10(11)13)5-12-6-9-3-4-14-8(9)2/h7-9,12H,3-6H2,1-2H3,(H2,11,13). The van der Waals surface area contributed by atoms with E-state index in [-0.39, 0.29) is 11.8 Å². The molecule has 1 saturated heterocycles. The molecule has 0 aromatic carbocycles. The van der Waals surface area contributed by atoms with E-state index in [2.05, 4.69) is 12.2 Å². The molecule has 0 saturated carbocycles. The van der Waals surface area contributed by atoms with Gasteiger partial charge < -0.3 is 15.8 Å². The van der Waals surface area contributed by atoms with Gasteiger partial charge in [0.2, 0.25) is 5.91 Å². The maximum atomic E-state index is 10.7. The maximum Gasteiger partial charge on any atom is 0.221 e. The molecule has 1 amide bonds.